The second-order valence-corrected chi connectivity index (χ2v) is 3.72. The summed E-state index contributed by atoms with van der Waals surface area (Å²) in [5, 5.41) is 3.59. The van der Waals surface area contributed by atoms with E-state index in [0.29, 0.717) is 0 Å². The molecule has 3 heterocycles. The number of nitrogens with zero attached hydrogens (tertiary/aromatic N) is 1. The van der Waals surface area contributed by atoms with Gasteiger partial charge in [-0.1, -0.05) is 6.08 Å². The van der Waals surface area contributed by atoms with Crippen molar-refractivity contribution in [2.75, 3.05) is 0 Å². The van der Waals surface area contributed by atoms with Crippen molar-refractivity contribution in [3.63, 3.8) is 0 Å². The molecule has 0 spiro atoms. The van der Waals surface area contributed by atoms with Gasteiger partial charge in [0, 0.05) is 29.9 Å². The molecule has 0 saturated carbocycles. The molecule has 11 heavy (non-hydrogen) atoms. The van der Waals surface area contributed by atoms with Crippen LogP contribution in [-0.4, -0.2) is 4.57 Å². The van der Waals surface area contributed by atoms with Crippen LogP contribution in [0.1, 0.15) is 5.69 Å². The minimum atomic E-state index is 1.10. The quantitative estimate of drug-likeness (QED) is 0.560. The highest BCUT2D eigenvalue weighted by molar-refractivity contribution is 7.17. The first kappa shape index (κ1) is 5.61. The van der Waals surface area contributed by atoms with Gasteiger partial charge in [-0.3, -0.25) is 0 Å². The van der Waals surface area contributed by atoms with Crippen LogP contribution in [0.4, 0.5) is 0 Å². The summed E-state index contributed by atoms with van der Waals surface area (Å²) in [6.07, 6.45) is 7.65. The fourth-order valence-corrected chi connectivity index (χ4v) is 2.47. The molecule has 0 fully saturated rings. The molecular weight excluding hydrogens is 154 g/mol. The number of aromatic nitrogens is 1. The molecule has 0 N–H and O–H groups in total. The summed E-state index contributed by atoms with van der Waals surface area (Å²) < 4.78 is 3.63. The van der Waals surface area contributed by atoms with Gasteiger partial charge in [0.1, 0.15) is 0 Å². The lowest BCUT2D eigenvalue weighted by Gasteiger charge is -1.90. The zero-order valence-electron chi connectivity index (χ0n) is 5.95. The van der Waals surface area contributed by atoms with E-state index >= 15 is 0 Å². The van der Waals surface area contributed by atoms with E-state index < -0.39 is 0 Å². The number of hydrogen-bond donors (Lipinski definition) is 0. The smallest absolute Gasteiger partial charge is 0.0526 e. The van der Waals surface area contributed by atoms with Gasteiger partial charge in [-0.05, 0) is 11.4 Å². The summed E-state index contributed by atoms with van der Waals surface area (Å²) in [6, 6.07) is 2.21. The molecule has 1 aliphatic rings. The van der Waals surface area contributed by atoms with E-state index in [-0.39, 0.29) is 0 Å². The number of rotatable bonds is 0. The zero-order valence-corrected chi connectivity index (χ0v) is 6.77. The number of allylic oxidation sites excluding steroid dienone is 1. The molecule has 0 aliphatic carbocycles. The maximum Gasteiger partial charge on any atom is 0.0526 e. The summed E-state index contributed by atoms with van der Waals surface area (Å²) in [4.78, 5) is 0. The average molecular weight is 161 g/mol. The fourth-order valence-electron chi connectivity index (χ4n) is 1.63. The van der Waals surface area contributed by atoms with Gasteiger partial charge in [0.15, 0.2) is 0 Å². The Bertz CT molecular complexity index is 433. The van der Waals surface area contributed by atoms with Gasteiger partial charge in [0.25, 0.3) is 0 Å². The van der Waals surface area contributed by atoms with Crippen molar-refractivity contribution in [1.29, 1.82) is 0 Å². The van der Waals surface area contributed by atoms with Crippen LogP contribution in [-0.2, 0) is 6.42 Å². The first-order valence-electron chi connectivity index (χ1n) is 3.69. The Morgan fingerprint density at radius 2 is 2.45 bits per heavy atom. The van der Waals surface area contributed by atoms with Crippen molar-refractivity contribution >= 4 is 27.6 Å². The van der Waals surface area contributed by atoms with Gasteiger partial charge in [0.2, 0.25) is 0 Å². The van der Waals surface area contributed by atoms with Crippen LogP contribution in [0.15, 0.2) is 23.7 Å². The Morgan fingerprint density at radius 3 is 3.45 bits per heavy atom. The van der Waals surface area contributed by atoms with Crippen molar-refractivity contribution in [3.8, 4) is 0 Å². The molecule has 1 nitrogen and oxygen atoms in total. The van der Waals surface area contributed by atoms with E-state index in [1.54, 1.807) is 0 Å². The van der Waals surface area contributed by atoms with E-state index in [0.717, 1.165) is 6.42 Å². The first-order chi connectivity index (χ1) is 5.45. The second-order valence-electron chi connectivity index (χ2n) is 2.77. The zero-order chi connectivity index (χ0) is 7.26. The number of fused-ring (bicyclic) bond motifs is 3. The molecular formula is C9H7NS. The van der Waals surface area contributed by atoms with Gasteiger partial charge >= 0.3 is 0 Å². The monoisotopic (exact) mass is 161 g/mol. The van der Waals surface area contributed by atoms with Gasteiger partial charge in [-0.25, -0.2) is 0 Å². The molecule has 3 rings (SSSR count). The third kappa shape index (κ3) is 0.601. The van der Waals surface area contributed by atoms with Crippen LogP contribution < -0.4 is 0 Å². The predicted octanol–water partition coefficient (Wildman–Crippen LogP) is 2.73. The van der Waals surface area contributed by atoms with Gasteiger partial charge in [-0.15, -0.1) is 11.3 Å². The van der Waals surface area contributed by atoms with Crippen LogP contribution in [0, 0.1) is 0 Å². The Hall–Kier alpha value is -1.02. The molecule has 0 radical (unpaired) electrons. The Morgan fingerprint density at radius 1 is 1.45 bits per heavy atom. The molecule has 2 aromatic rings. The summed E-state index contributed by atoms with van der Waals surface area (Å²) in [5.74, 6) is 0. The first-order valence-corrected chi connectivity index (χ1v) is 4.57. The van der Waals surface area contributed by atoms with Crippen LogP contribution in [0.25, 0.3) is 16.3 Å². The Labute approximate surface area is 68.6 Å². The molecule has 0 unspecified atom stereocenters. The van der Waals surface area contributed by atoms with E-state index in [4.69, 9.17) is 0 Å². The normalized spacial score (nSPS) is 14.5. The minimum absolute atomic E-state index is 1.10. The van der Waals surface area contributed by atoms with Crippen LogP contribution in [0.3, 0.4) is 0 Å². The maximum atomic E-state index is 2.22. The summed E-state index contributed by atoms with van der Waals surface area (Å²) in [7, 11) is 0. The van der Waals surface area contributed by atoms with E-state index in [9.17, 15) is 0 Å². The van der Waals surface area contributed by atoms with Gasteiger partial charge < -0.3 is 4.57 Å². The van der Waals surface area contributed by atoms with Crippen molar-refractivity contribution in [1.82, 2.24) is 4.57 Å². The molecule has 0 bridgehead atoms. The fraction of sp³-hybridized carbons (Fsp3) is 0.111. The average Bonchev–Trinajstić information content (AvgIpc) is 2.52. The molecule has 2 heteroatoms. The molecule has 0 atom stereocenters. The third-order valence-electron chi connectivity index (χ3n) is 2.15. The topological polar surface area (TPSA) is 4.93 Å². The number of hydrogen-bond acceptors (Lipinski definition) is 1. The lowest BCUT2D eigenvalue weighted by atomic mass is 10.2. The minimum Gasteiger partial charge on any atom is -0.326 e. The predicted molar refractivity (Wildman–Crippen MR) is 48.8 cm³/mol. The van der Waals surface area contributed by atoms with Crippen molar-refractivity contribution < 1.29 is 0 Å². The summed E-state index contributed by atoms with van der Waals surface area (Å²) in [5.41, 5.74) is 1.45. The Balaban J connectivity index is 2.52. The Kier molecular flexibility index (Phi) is 0.902. The molecule has 0 saturated heterocycles. The van der Waals surface area contributed by atoms with Gasteiger partial charge in [0.05, 0.1) is 4.70 Å². The summed E-state index contributed by atoms with van der Waals surface area (Å²) >= 11 is 1.82. The highest BCUT2D eigenvalue weighted by atomic mass is 32.1. The highest BCUT2D eigenvalue weighted by Gasteiger charge is 2.10. The van der Waals surface area contributed by atoms with Crippen LogP contribution in [0.2, 0.25) is 0 Å². The van der Waals surface area contributed by atoms with Crippen molar-refractivity contribution in [3.05, 3.63) is 29.4 Å². The second kappa shape index (κ2) is 1.77. The SMILES string of the molecule is C1=Cn2cc3sccc3c2C1. The molecule has 54 valence electrons. The maximum absolute atomic E-state index is 2.22. The number of thiophene rings is 1. The van der Waals surface area contributed by atoms with E-state index in [1.165, 1.54) is 15.8 Å². The van der Waals surface area contributed by atoms with Crippen molar-refractivity contribution in [2.24, 2.45) is 0 Å². The molecule has 1 aliphatic heterocycles. The van der Waals surface area contributed by atoms with Crippen molar-refractivity contribution in [2.45, 2.75) is 6.42 Å². The van der Waals surface area contributed by atoms with Gasteiger partial charge in [-0.2, -0.15) is 0 Å². The van der Waals surface area contributed by atoms with E-state index in [1.807, 2.05) is 11.3 Å². The molecule has 0 aromatic carbocycles. The lowest BCUT2D eigenvalue weighted by Crippen LogP contribution is -1.82. The largest absolute Gasteiger partial charge is 0.326 e. The van der Waals surface area contributed by atoms with E-state index in [2.05, 4.69) is 34.5 Å². The standard InChI is InChI=1S/C9H7NS/c1-2-8-7-3-5-11-9(7)6-10(8)4-1/h1,3-6H,2H2. The summed E-state index contributed by atoms with van der Waals surface area (Å²) in [6.45, 7) is 0. The van der Waals surface area contributed by atoms with Crippen LogP contribution in [0.5, 0.6) is 0 Å². The molecule has 2 aromatic heterocycles. The molecule has 0 amide bonds. The highest BCUT2D eigenvalue weighted by Crippen LogP contribution is 2.29. The van der Waals surface area contributed by atoms with Crippen LogP contribution >= 0.6 is 11.3 Å². The third-order valence-corrected chi connectivity index (χ3v) is 3.00. The lowest BCUT2D eigenvalue weighted by molar-refractivity contribution is 1.10.